The summed E-state index contributed by atoms with van der Waals surface area (Å²) in [6.07, 6.45) is 8.97. The Hall–Kier alpha value is -1.45. The van der Waals surface area contributed by atoms with E-state index in [0.29, 0.717) is 18.9 Å². The molecule has 1 aromatic rings. The van der Waals surface area contributed by atoms with E-state index in [0.717, 1.165) is 17.4 Å². The summed E-state index contributed by atoms with van der Waals surface area (Å²) >= 11 is 0. The van der Waals surface area contributed by atoms with Crippen LogP contribution in [0.2, 0.25) is 0 Å². The lowest BCUT2D eigenvalue weighted by Gasteiger charge is -2.27. The van der Waals surface area contributed by atoms with Crippen LogP contribution in [0.4, 0.5) is 0 Å². The first-order chi connectivity index (χ1) is 9.65. The van der Waals surface area contributed by atoms with Crippen LogP contribution in [0, 0.1) is 18.8 Å². The SMILES string of the molecule is Cc1nccc(CNC(=O)C[C@H](C)C2CCCCC2)n1. The van der Waals surface area contributed by atoms with E-state index in [2.05, 4.69) is 22.2 Å². The first kappa shape index (κ1) is 14.9. The van der Waals surface area contributed by atoms with Gasteiger partial charge in [0, 0.05) is 12.6 Å². The molecular weight excluding hydrogens is 250 g/mol. The Bertz CT molecular complexity index is 441. The van der Waals surface area contributed by atoms with Gasteiger partial charge in [-0.2, -0.15) is 0 Å². The second-order valence-corrected chi connectivity index (χ2v) is 5.95. The van der Waals surface area contributed by atoms with Crippen molar-refractivity contribution < 1.29 is 4.79 Å². The van der Waals surface area contributed by atoms with Gasteiger partial charge in [0.2, 0.25) is 5.91 Å². The van der Waals surface area contributed by atoms with Crippen LogP contribution in [0.25, 0.3) is 0 Å². The van der Waals surface area contributed by atoms with Crippen LogP contribution >= 0.6 is 0 Å². The largest absolute Gasteiger partial charge is 0.350 e. The van der Waals surface area contributed by atoms with Crippen molar-refractivity contribution in [2.45, 2.75) is 58.9 Å². The molecule has 0 unspecified atom stereocenters. The molecule has 1 atom stereocenters. The Morgan fingerprint density at radius 3 is 2.85 bits per heavy atom. The molecule has 1 heterocycles. The van der Waals surface area contributed by atoms with Crippen molar-refractivity contribution in [2.24, 2.45) is 11.8 Å². The van der Waals surface area contributed by atoms with Crippen molar-refractivity contribution in [2.75, 3.05) is 0 Å². The van der Waals surface area contributed by atoms with Crippen LogP contribution < -0.4 is 5.32 Å². The maximum atomic E-state index is 12.0. The first-order valence-electron chi connectivity index (χ1n) is 7.70. The zero-order chi connectivity index (χ0) is 14.4. The fraction of sp³-hybridized carbons (Fsp3) is 0.688. The van der Waals surface area contributed by atoms with Crippen LogP contribution in [0.5, 0.6) is 0 Å². The Labute approximate surface area is 121 Å². The molecule has 0 aliphatic heterocycles. The lowest BCUT2D eigenvalue weighted by atomic mass is 9.79. The summed E-state index contributed by atoms with van der Waals surface area (Å²) in [7, 11) is 0. The molecule has 0 bridgehead atoms. The number of amides is 1. The van der Waals surface area contributed by atoms with Crippen LogP contribution in [0.1, 0.15) is 57.0 Å². The van der Waals surface area contributed by atoms with Crippen molar-refractivity contribution in [3.05, 3.63) is 23.8 Å². The van der Waals surface area contributed by atoms with Crippen LogP contribution in [0.15, 0.2) is 12.3 Å². The highest BCUT2D eigenvalue weighted by Gasteiger charge is 2.21. The van der Waals surface area contributed by atoms with Crippen molar-refractivity contribution in [3.8, 4) is 0 Å². The van der Waals surface area contributed by atoms with Crippen molar-refractivity contribution in [1.82, 2.24) is 15.3 Å². The molecule has 20 heavy (non-hydrogen) atoms. The third-order valence-corrected chi connectivity index (χ3v) is 4.26. The van der Waals surface area contributed by atoms with Gasteiger partial charge in [0.15, 0.2) is 0 Å². The maximum absolute atomic E-state index is 12.0. The van der Waals surface area contributed by atoms with Gasteiger partial charge in [0.05, 0.1) is 12.2 Å². The van der Waals surface area contributed by atoms with E-state index in [-0.39, 0.29) is 5.91 Å². The third-order valence-electron chi connectivity index (χ3n) is 4.26. The molecule has 0 saturated heterocycles. The van der Waals surface area contributed by atoms with Gasteiger partial charge in [0.1, 0.15) is 5.82 Å². The van der Waals surface area contributed by atoms with Gasteiger partial charge in [-0.05, 0) is 24.8 Å². The van der Waals surface area contributed by atoms with Crippen LogP contribution in [-0.2, 0) is 11.3 Å². The first-order valence-corrected chi connectivity index (χ1v) is 7.70. The topological polar surface area (TPSA) is 54.9 Å². The van der Waals surface area contributed by atoms with E-state index < -0.39 is 0 Å². The molecule has 4 heteroatoms. The monoisotopic (exact) mass is 275 g/mol. The fourth-order valence-corrected chi connectivity index (χ4v) is 3.03. The molecule has 110 valence electrons. The molecule has 1 aromatic heterocycles. The van der Waals surface area contributed by atoms with Gasteiger partial charge in [-0.3, -0.25) is 4.79 Å². The Morgan fingerprint density at radius 2 is 2.15 bits per heavy atom. The smallest absolute Gasteiger partial charge is 0.220 e. The zero-order valence-corrected chi connectivity index (χ0v) is 12.6. The highest BCUT2D eigenvalue weighted by molar-refractivity contribution is 5.76. The number of rotatable bonds is 5. The summed E-state index contributed by atoms with van der Waals surface area (Å²) in [5, 5.41) is 2.97. The van der Waals surface area contributed by atoms with Crippen molar-refractivity contribution in [3.63, 3.8) is 0 Å². The minimum absolute atomic E-state index is 0.138. The minimum Gasteiger partial charge on any atom is -0.350 e. The van der Waals surface area contributed by atoms with Gasteiger partial charge in [-0.1, -0.05) is 39.0 Å². The van der Waals surface area contributed by atoms with E-state index in [1.165, 1.54) is 32.1 Å². The predicted octanol–water partition coefficient (Wildman–Crippen LogP) is 3.01. The molecule has 0 radical (unpaired) electrons. The standard InChI is InChI=1S/C16H25N3O/c1-12(14-6-4-3-5-7-14)10-16(20)18-11-15-8-9-17-13(2)19-15/h8-9,12,14H,3-7,10-11H2,1-2H3,(H,18,20)/t12-/m0/s1. The fourth-order valence-electron chi connectivity index (χ4n) is 3.03. The molecular formula is C16H25N3O. The average Bonchev–Trinajstić information content (AvgIpc) is 2.46. The summed E-state index contributed by atoms with van der Waals surface area (Å²) in [5.41, 5.74) is 0.871. The second kappa shape index (κ2) is 7.36. The van der Waals surface area contributed by atoms with E-state index in [1.807, 2.05) is 13.0 Å². The molecule has 1 saturated carbocycles. The maximum Gasteiger partial charge on any atom is 0.220 e. The number of carbonyl (C=O) groups is 1. The zero-order valence-electron chi connectivity index (χ0n) is 12.6. The van der Waals surface area contributed by atoms with Gasteiger partial charge in [-0.25, -0.2) is 9.97 Å². The predicted molar refractivity (Wildman–Crippen MR) is 79.0 cm³/mol. The summed E-state index contributed by atoms with van der Waals surface area (Å²) in [4.78, 5) is 20.3. The third kappa shape index (κ3) is 4.58. The Balaban J connectivity index is 1.74. The van der Waals surface area contributed by atoms with Crippen LogP contribution in [-0.4, -0.2) is 15.9 Å². The number of hydrogen-bond acceptors (Lipinski definition) is 3. The minimum atomic E-state index is 0.138. The molecule has 2 rings (SSSR count). The molecule has 4 nitrogen and oxygen atoms in total. The normalized spacial score (nSPS) is 17.7. The van der Waals surface area contributed by atoms with Gasteiger partial charge in [0.25, 0.3) is 0 Å². The van der Waals surface area contributed by atoms with E-state index in [4.69, 9.17) is 0 Å². The number of hydrogen-bond donors (Lipinski definition) is 1. The highest BCUT2D eigenvalue weighted by atomic mass is 16.1. The molecule has 1 N–H and O–H groups in total. The molecule has 1 aliphatic carbocycles. The Kier molecular flexibility index (Phi) is 5.50. The second-order valence-electron chi connectivity index (χ2n) is 5.95. The van der Waals surface area contributed by atoms with Crippen molar-refractivity contribution in [1.29, 1.82) is 0 Å². The number of aromatic nitrogens is 2. The molecule has 1 aliphatic rings. The number of nitrogens with one attached hydrogen (secondary N) is 1. The molecule has 0 spiro atoms. The highest BCUT2D eigenvalue weighted by Crippen LogP contribution is 2.31. The molecule has 0 aromatic carbocycles. The quantitative estimate of drug-likeness (QED) is 0.898. The van der Waals surface area contributed by atoms with Crippen molar-refractivity contribution >= 4 is 5.91 Å². The lowest BCUT2D eigenvalue weighted by molar-refractivity contribution is -0.122. The number of nitrogens with zero attached hydrogens (tertiary/aromatic N) is 2. The van der Waals surface area contributed by atoms with E-state index in [1.54, 1.807) is 6.20 Å². The van der Waals surface area contributed by atoms with Gasteiger partial charge in [-0.15, -0.1) is 0 Å². The number of carbonyl (C=O) groups excluding carboxylic acids is 1. The van der Waals surface area contributed by atoms with E-state index in [9.17, 15) is 4.79 Å². The van der Waals surface area contributed by atoms with Gasteiger partial charge < -0.3 is 5.32 Å². The number of aryl methyl sites for hydroxylation is 1. The molecule has 1 fully saturated rings. The summed E-state index contributed by atoms with van der Waals surface area (Å²) < 4.78 is 0. The van der Waals surface area contributed by atoms with Crippen LogP contribution in [0.3, 0.4) is 0 Å². The van der Waals surface area contributed by atoms with Gasteiger partial charge >= 0.3 is 0 Å². The average molecular weight is 275 g/mol. The summed E-state index contributed by atoms with van der Waals surface area (Å²) in [6.45, 7) is 4.57. The van der Waals surface area contributed by atoms with E-state index >= 15 is 0 Å². The lowest BCUT2D eigenvalue weighted by Crippen LogP contribution is -2.27. The molecule has 1 amide bonds. The summed E-state index contributed by atoms with van der Waals surface area (Å²) in [6, 6.07) is 1.85. The Morgan fingerprint density at radius 1 is 1.40 bits per heavy atom. The summed E-state index contributed by atoms with van der Waals surface area (Å²) in [5.74, 6) is 2.10.